The molecule has 0 atom stereocenters. The van der Waals surface area contributed by atoms with Crippen molar-refractivity contribution < 1.29 is 0 Å². The minimum absolute atomic E-state index is 1.07. The van der Waals surface area contributed by atoms with E-state index in [-0.39, 0.29) is 0 Å². The maximum Gasteiger partial charge on any atom is 0.0739 e. The molecule has 3 aromatic rings. The van der Waals surface area contributed by atoms with Crippen molar-refractivity contribution >= 4 is 44.4 Å². The maximum atomic E-state index is 4.72. The van der Waals surface area contributed by atoms with Crippen LogP contribution in [0.15, 0.2) is 42.5 Å². The molecule has 0 spiro atoms. The molecule has 0 aliphatic rings. The Morgan fingerprint density at radius 2 is 1.81 bits per heavy atom. The summed E-state index contributed by atoms with van der Waals surface area (Å²) >= 11 is 2.35. The zero-order valence-corrected chi connectivity index (χ0v) is 11.0. The van der Waals surface area contributed by atoms with Gasteiger partial charge in [0, 0.05) is 14.3 Å². The molecule has 0 saturated carbocycles. The monoisotopic (exact) mass is 319 g/mol. The van der Waals surface area contributed by atoms with E-state index in [0.717, 1.165) is 11.0 Å². The molecular formula is C14H10IN. The van der Waals surface area contributed by atoms with E-state index >= 15 is 0 Å². The van der Waals surface area contributed by atoms with E-state index in [1.54, 1.807) is 0 Å². The maximum absolute atomic E-state index is 4.72. The van der Waals surface area contributed by atoms with Crippen LogP contribution in [0.3, 0.4) is 0 Å². The fourth-order valence-electron chi connectivity index (χ4n) is 2.02. The van der Waals surface area contributed by atoms with Crippen LogP contribution >= 0.6 is 22.6 Å². The van der Waals surface area contributed by atoms with Crippen molar-refractivity contribution in [3.8, 4) is 0 Å². The molecule has 0 bridgehead atoms. The Labute approximate surface area is 108 Å². The highest BCUT2D eigenvalue weighted by molar-refractivity contribution is 14.1. The number of hydrogen-bond donors (Lipinski definition) is 0. The van der Waals surface area contributed by atoms with Crippen molar-refractivity contribution in [2.45, 2.75) is 6.92 Å². The van der Waals surface area contributed by atoms with Gasteiger partial charge in [-0.2, -0.15) is 0 Å². The normalized spacial score (nSPS) is 11.1. The van der Waals surface area contributed by atoms with Gasteiger partial charge < -0.3 is 0 Å². The minimum atomic E-state index is 1.07. The lowest BCUT2D eigenvalue weighted by Gasteiger charge is -2.05. The number of nitrogens with zero attached hydrogens (tertiary/aromatic N) is 1. The molecule has 0 aliphatic heterocycles. The average Bonchev–Trinajstić information content (AvgIpc) is 2.27. The van der Waals surface area contributed by atoms with Gasteiger partial charge in [0.2, 0.25) is 0 Å². The first-order valence-corrected chi connectivity index (χ1v) is 6.27. The second-order valence-corrected chi connectivity index (χ2v) is 5.22. The van der Waals surface area contributed by atoms with E-state index in [2.05, 4.69) is 65.9 Å². The highest BCUT2D eigenvalue weighted by atomic mass is 127. The van der Waals surface area contributed by atoms with Crippen LogP contribution in [0.1, 0.15) is 5.56 Å². The van der Waals surface area contributed by atoms with E-state index in [1.165, 1.54) is 19.9 Å². The number of pyridine rings is 1. The largest absolute Gasteiger partial charge is 0.248 e. The molecule has 0 radical (unpaired) electrons. The lowest BCUT2D eigenvalue weighted by molar-refractivity contribution is 1.41. The third-order valence-electron chi connectivity index (χ3n) is 2.77. The highest BCUT2D eigenvalue weighted by Crippen LogP contribution is 2.24. The quantitative estimate of drug-likeness (QED) is 0.445. The van der Waals surface area contributed by atoms with Gasteiger partial charge >= 0.3 is 0 Å². The van der Waals surface area contributed by atoms with Crippen LogP contribution in [0.25, 0.3) is 21.8 Å². The van der Waals surface area contributed by atoms with Crippen LogP contribution in [-0.2, 0) is 0 Å². The van der Waals surface area contributed by atoms with Crippen LogP contribution < -0.4 is 0 Å². The summed E-state index contributed by atoms with van der Waals surface area (Å²) in [4.78, 5) is 4.72. The molecule has 0 aliphatic carbocycles. The van der Waals surface area contributed by atoms with Crippen LogP contribution in [0, 0.1) is 10.5 Å². The predicted octanol–water partition coefficient (Wildman–Crippen LogP) is 4.30. The number of hydrogen-bond acceptors (Lipinski definition) is 1. The topological polar surface area (TPSA) is 12.9 Å². The summed E-state index contributed by atoms with van der Waals surface area (Å²) in [5.41, 5.74) is 3.42. The summed E-state index contributed by atoms with van der Waals surface area (Å²) < 4.78 is 1.26. The molecular weight excluding hydrogens is 309 g/mol. The van der Waals surface area contributed by atoms with Gasteiger partial charge in [0.15, 0.2) is 0 Å². The molecule has 78 valence electrons. The smallest absolute Gasteiger partial charge is 0.0739 e. The molecule has 0 N–H and O–H groups in total. The first-order chi connectivity index (χ1) is 7.74. The number of fused-ring (bicyclic) bond motifs is 2. The summed E-state index contributed by atoms with van der Waals surface area (Å²) in [6.07, 6.45) is 0. The van der Waals surface area contributed by atoms with Gasteiger partial charge in [0.1, 0.15) is 0 Å². The van der Waals surface area contributed by atoms with Gasteiger partial charge in [-0.1, -0.05) is 18.2 Å². The molecule has 3 rings (SSSR count). The van der Waals surface area contributed by atoms with Gasteiger partial charge in [0.25, 0.3) is 0 Å². The fraction of sp³-hybridized carbons (Fsp3) is 0.0714. The molecule has 2 heteroatoms. The number of halogens is 1. The van der Waals surface area contributed by atoms with Crippen LogP contribution in [-0.4, -0.2) is 4.98 Å². The van der Waals surface area contributed by atoms with E-state index in [0.29, 0.717) is 0 Å². The Bertz CT molecular complexity index is 689. The zero-order valence-electron chi connectivity index (χ0n) is 8.87. The van der Waals surface area contributed by atoms with Crippen molar-refractivity contribution in [2.75, 3.05) is 0 Å². The van der Waals surface area contributed by atoms with E-state index in [4.69, 9.17) is 4.98 Å². The van der Waals surface area contributed by atoms with Crippen molar-refractivity contribution in [2.24, 2.45) is 0 Å². The lowest BCUT2D eigenvalue weighted by atomic mass is 10.1. The number of aryl methyl sites for hydroxylation is 1. The summed E-state index contributed by atoms with van der Waals surface area (Å²) in [6, 6.07) is 14.8. The number of benzene rings is 2. The summed E-state index contributed by atoms with van der Waals surface area (Å²) in [7, 11) is 0. The second kappa shape index (κ2) is 3.70. The molecule has 0 unspecified atom stereocenters. The Morgan fingerprint density at radius 1 is 1.00 bits per heavy atom. The van der Waals surface area contributed by atoms with Gasteiger partial charge in [-0.3, -0.25) is 0 Å². The highest BCUT2D eigenvalue weighted by Gasteiger charge is 2.03. The molecule has 0 amide bonds. The first kappa shape index (κ1) is 10.0. The molecule has 0 fully saturated rings. The molecule has 1 heterocycles. The van der Waals surface area contributed by atoms with Crippen molar-refractivity contribution in [1.29, 1.82) is 0 Å². The van der Waals surface area contributed by atoms with E-state index in [9.17, 15) is 0 Å². The fourth-order valence-corrected chi connectivity index (χ4v) is 2.83. The number of para-hydroxylation sites is 1. The Hall–Kier alpha value is -1.16. The third kappa shape index (κ3) is 1.57. The van der Waals surface area contributed by atoms with Crippen molar-refractivity contribution in [3.05, 3.63) is 51.6 Å². The zero-order chi connectivity index (χ0) is 11.1. The summed E-state index contributed by atoms with van der Waals surface area (Å²) in [5, 5.41) is 2.43. The molecule has 16 heavy (non-hydrogen) atoms. The van der Waals surface area contributed by atoms with Gasteiger partial charge in [0.05, 0.1) is 11.0 Å². The average molecular weight is 319 g/mol. The van der Waals surface area contributed by atoms with Gasteiger partial charge in [-0.05, 0) is 59.3 Å². The standard InChI is InChI=1S/C14H10IN/c1-9-6-12(15)8-11-7-10-4-2-3-5-13(10)16-14(9)11/h2-8H,1H3. The van der Waals surface area contributed by atoms with Crippen LogP contribution in [0.2, 0.25) is 0 Å². The Kier molecular flexibility index (Phi) is 2.32. The van der Waals surface area contributed by atoms with Crippen LogP contribution in [0.5, 0.6) is 0 Å². The summed E-state index contributed by atoms with van der Waals surface area (Å²) in [6.45, 7) is 2.12. The number of aromatic nitrogens is 1. The van der Waals surface area contributed by atoms with E-state index in [1.807, 2.05) is 6.07 Å². The van der Waals surface area contributed by atoms with Crippen molar-refractivity contribution in [1.82, 2.24) is 4.98 Å². The predicted molar refractivity (Wildman–Crippen MR) is 76.7 cm³/mol. The molecule has 1 aromatic heterocycles. The summed E-state index contributed by atoms with van der Waals surface area (Å²) in [5.74, 6) is 0. The first-order valence-electron chi connectivity index (χ1n) is 5.20. The second-order valence-electron chi connectivity index (χ2n) is 3.98. The number of rotatable bonds is 0. The van der Waals surface area contributed by atoms with Crippen LogP contribution in [0.4, 0.5) is 0 Å². The third-order valence-corrected chi connectivity index (χ3v) is 3.40. The van der Waals surface area contributed by atoms with Gasteiger partial charge in [-0.25, -0.2) is 4.98 Å². The van der Waals surface area contributed by atoms with E-state index < -0.39 is 0 Å². The Balaban J connectivity index is 2.51. The van der Waals surface area contributed by atoms with Crippen molar-refractivity contribution in [3.63, 3.8) is 0 Å². The molecule has 1 nitrogen and oxygen atoms in total. The lowest BCUT2D eigenvalue weighted by Crippen LogP contribution is -1.87. The molecule has 2 aromatic carbocycles. The minimum Gasteiger partial charge on any atom is -0.248 e. The Morgan fingerprint density at radius 3 is 2.69 bits per heavy atom. The SMILES string of the molecule is Cc1cc(I)cc2cc3ccccc3nc12. The van der Waals surface area contributed by atoms with Gasteiger partial charge in [-0.15, -0.1) is 0 Å². The molecule has 0 saturated heterocycles.